The molecule has 3 rings (SSSR count). The summed E-state index contributed by atoms with van der Waals surface area (Å²) in [5, 5.41) is 11.2. The van der Waals surface area contributed by atoms with Gasteiger partial charge in [-0.1, -0.05) is 6.07 Å². The monoisotopic (exact) mass is 336 g/mol. The van der Waals surface area contributed by atoms with Crippen LogP contribution in [0.5, 0.6) is 0 Å². The highest BCUT2D eigenvalue weighted by Gasteiger charge is 2.15. The van der Waals surface area contributed by atoms with E-state index in [1.165, 1.54) is 11.3 Å². The van der Waals surface area contributed by atoms with Crippen molar-refractivity contribution in [2.75, 3.05) is 0 Å². The summed E-state index contributed by atoms with van der Waals surface area (Å²) < 4.78 is 7.51. The molecular weight excluding hydrogens is 320 g/mol. The third kappa shape index (κ3) is 3.10. The van der Waals surface area contributed by atoms with Crippen LogP contribution >= 0.6 is 11.3 Å². The van der Waals surface area contributed by atoms with Gasteiger partial charge in [0.25, 0.3) is 0 Å². The first kappa shape index (κ1) is 16.0. The summed E-state index contributed by atoms with van der Waals surface area (Å²) in [5.74, 6) is 0.630. The number of hydrogen-bond acceptors (Lipinski definition) is 4. The number of Topliss-reactive ketones (excluding diaryl/α,β-unsaturated/α-hetero) is 1. The van der Waals surface area contributed by atoms with E-state index in [0.717, 1.165) is 22.7 Å². The quantitative estimate of drug-likeness (QED) is 0.389. The minimum atomic E-state index is -0.233. The van der Waals surface area contributed by atoms with Gasteiger partial charge in [-0.15, -0.1) is 11.3 Å². The lowest BCUT2D eigenvalue weighted by atomic mass is 10.1. The van der Waals surface area contributed by atoms with Gasteiger partial charge in [-0.05, 0) is 55.1 Å². The Hall–Kier alpha value is -2.84. The van der Waals surface area contributed by atoms with Gasteiger partial charge >= 0.3 is 0 Å². The van der Waals surface area contributed by atoms with Crippen LogP contribution in [0.15, 0.2) is 52.0 Å². The van der Waals surface area contributed by atoms with E-state index in [-0.39, 0.29) is 11.4 Å². The van der Waals surface area contributed by atoms with Gasteiger partial charge in [-0.25, -0.2) is 0 Å². The molecule has 120 valence electrons. The van der Waals surface area contributed by atoms with Crippen molar-refractivity contribution in [1.82, 2.24) is 4.57 Å². The van der Waals surface area contributed by atoms with E-state index in [2.05, 4.69) is 4.57 Å². The van der Waals surface area contributed by atoms with Crippen LogP contribution < -0.4 is 0 Å². The molecule has 0 amide bonds. The van der Waals surface area contributed by atoms with E-state index in [1.54, 1.807) is 18.4 Å². The third-order valence-corrected chi connectivity index (χ3v) is 4.79. The second-order valence-corrected chi connectivity index (χ2v) is 6.42. The number of ketones is 1. The second-order valence-electron chi connectivity index (χ2n) is 5.47. The summed E-state index contributed by atoms with van der Waals surface area (Å²) in [6.45, 7) is 4.60. The average molecular weight is 336 g/mol. The molecule has 0 saturated heterocycles. The molecule has 0 unspecified atom stereocenters. The van der Waals surface area contributed by atoms with E-state index in [9.17, 15) is 10.1 Å². The molecule has 5 heteroatoms. The van der Waals surface area contributed by atoms with Crippen LogP contribution in [0, 0.1) is 25.2 Å². The molecule has 0 radical (unpaired) electrons. The molecule has 0 atom stereocenters. The van der Waals surface area contributed by atoms with Crippen molar-refractivity contribution in [3.63, 3.8) is 0 Å². The number of thiophene rings is 1. The lowest BCUT2D eigenvalue weighted by Crippen LogP contribution is -2.03. The van der Waals surface area contributed by atoms with Crippen molar-refractivity contribution < 1.29 is 9.21 Å². The smallest absolute Gasteiger partial charge is 0.213 e. The fourth-order valence-electron chi connectivity index (χ4n) is 2.62. The van der Waals surface area contributed by atoms with E-state index < -0.39 is 0 Å². The largest absolute Gasteiger partial charge is 0.467 e. The fraction of sp³-hybridized carbons (Fsp3) is 0.158. The molecule has 4 nitrogen and oxygen atoms in total. The molecule has 24 heavy (non-hydrogen) atoms. The SMILES string of the molecule is Cc1cc(/C=C(\C#N)C(=O)c2cccs2)c(C)n1Cc1ccco1. The zero-order valence-corrected chi connectivity index (χ0v) is 14.3. The van der Waals surface area contributed by atoms with Crippen LogP contribution in [-0.2, 0) is 6.54 Å². The molecule has 0 aliphatic carbocycles. The summed E-state index contributed by atoms with van der Waals surface area (Å²) >= 11 is 1.34. The molecule has 3 aromatic rings. The zero-order valence-electron chi connectivity index (χ0n) is 13.4. The van der Waals surface area contributed by atoms with Gasteiger partial charge in [0.05, 0.1) is 17.7 Å². The summed E-state index contributed by atoms with van der Waals surface area (Å²) in [7, 11) is 0. The van der Waals surface area contributed by atoms with Gasteiger partial charge in [0.1, 0.15) is 17.4 Å². The highest BCUT2D eigenvalue weighted by atomic mass is 32.1. The molecule has 3 heterocycles. The molecule has 0 aliphatic heterocycles. The maximum Gasteiger partial charge on any atom is 0.213 e. The van der Waals surface area contributed by atoms with Crippen molar-refractivity contribution in [2.24, 2.45) is 0 Å². The van der Waals surface area contributed by atoms with Gasteiger partial charge in [0.2, 0.25) is 5.78 Å². The Balaban J connectivity index is 1.94. The minimum absolute atomic E-state index is 0.149. The predicted octanol–water partition coefficient (Wildman–Crippen LogP) is 4.60. The van der Waals surface area contributed by atoms with Gasteiger partial charge in [-0.2, -0.15) is 5.26 Å². The molecule has 0 fully saturated rings. The molecule has 0 N–H and O–H groups in total. The number of allylic oxidation sites excluding steroid dienone is 1. The molecule has 0 saturated carbocycles. The summed E-state index contributed by atoms with van der Waals surface area (Å²) in [4.78, 5) is 13.0. The molecule has 3 aromatic heterocycles. The predicted molar refractivity (Wildman–Crippen MR) is 94.0 cm³/mol. The lowest BCUT2D eigenvalue weighted by Gasteiger charge is -2.07. The maximum atomic E-state index is 12.4. The van der Waals surface area contributed by atoms with E-state index in [1.807, 2.05) is 49.6 Å². The van der Waals surface area contributed by atoms with Crippen molar-refractivity contribution in [1.29, 1.82) is 5.26 Å². The van der Waals surface area contributed by atoms with Crippen molar-refractivity contribution in [2.45, 2.75) is 20.4 Å². The Morgan fingerprint density at radius 1 is 1.38 bits per heavy atom. The Labute approximate surface area is 144 Å². The molecule has 0 spiro atoms. The van der Waals surface area contributed by atoms with Crippen LogP contribution in [0.2, 0.25) is 0 Å². The van der Waals surface area contributed by atoms with Gasteiger partial charge in [0, 0.05) is 11.4 Å². The number of aryl methyl sites for hydroxylation is 1. The molecule has 0 aliphatic rings. The summed E-state index contributed by atoms with van der Waals surface area (Å²) in [6, 6.07) is 11.3. The highest BCUT2D eigenvalue weighted by molar-refractivity contribution is 7.12. The fourth-order valence-corrected chi connectivity index (χ4v) is 3.30. The average Bonchev–Trinajstić information content (AvgIpc) is 3.31. The van der Waals surface area contributed by atoms with E-state index in [4.69, 9.17) is 4.42 Å². The number of carbonyl (C=O) groups is 1. The van der Waals surface area contributed by atoms with E-state index in [0.29, 0.717) is 11.4 Å². The van der Waals surface area contributed by atoms with Crippen LogP contribution in [0.4, 0.5) is 0 Å². The number of carbonyl (C=O) groups excluding carboxylic acids is 1. The lowest BCUT2D eigenvalue weighted by molar-refractivity contribution is 0.104. The first-order valence-corrected chi connectivity index (χ1v) is 8.37. The first-order chi connectivity index (χ1) is 11.6. The number of furan rings is 1. The summed E-state index contributed by atoms with van der Waals surface area (Å²) in [5.41, 5.74) is 3.07. The van der Waals surface area contributed by atoms with E-state index >= 15 is 0 Å². The van der Waals surface area contributed by atoms with Crippen LogP contribution in [0.25, 0.3) is 6.08 Å². The molecule has 0 bridgehead atoms. The van der Waals surface area contributed by atoms with Crippen molar-refractivity contribution >= 4 is 23.2 Å². The van der Waals surface area contributed by atoms with Crippen LogP contribution in [0.1, 0.15) is 32.4 Å². The number of nitriles is 1. The van der Waals surface area contributed by atoms with Crippen LogP contribution in [-0.4, -0.2) is 10.4 Å². The normalized spacial score (nSPS) is 11.5. The maximum absolute atomic E-state index is 12.4. The Bertz CT molecular complexity index is 923. The minimum Gasteiger partial charge on any atom is -0.467 e. The summed E-state index contributed by atoms with van der Waals surface area (Å²) in [6.07, 6.45) is 3.32. The first-order valence-electron chi connectivity index (χ1n) is 7.49. The number of hydrogen-bond donors (Lipinski definition) is 0. The topological polar surface area (TPSA) is 58.9 Å². The van der Waals surface area contributed by atoms with Crippen LogP contribution in [0.3, 0.4) is 0 Å². The van der Waals surface area contributed by atoms with Gasteiger partial charge < -0.3 is 8.98 Å². The Morgan fingerprint density at radius 2 is 2.21 bits per heavy atom. The third-order valence-electron chi connectivity index (χ3n) is 3.92. The van der Waals surface area contributed by atoms with Crippen molar-refractivity contribution in [3.05, 3.63) is 75.1 Å². The molecular formula is C19H16N2O2S. The Morgan fingerprint density at radius 3 is 2.83 bits per heavy atom. The second kappa shape index (κ2) is 6.73. The van der Waals surface area contributed by atoms with Gasteiger partial charge in [-0.3, -0.25) is 4.79 Å². The highest BCUT2D eigenvalue weighted by Crippen LogP contribution is 2.22. The van der Waals surface area contributed by atoms with Gasteiger partial charge in [0.15, 0.2) is 0 Å². The number of nitrogens with zero attached hydrogens (tertiary/aromatic N) is 2. The zero-order chi connectivity index (χ0) is 17.1. The Kier molecular flexibility index (Phi) is 4.50. The standard InChI is InChI=1S/C19H16N2O2S/c1-13-9-15(14(2)21(13)12-17-5-3-7-23-17)10-16(11-20)19(22)18-6-4-8-24-18/h3-10H,12H2,1-2H3/b16-10+. The number of aromatic nitrogens is 1. The van der Waals surface area contributed by atoms with Crippen molar-refractivity contribution in [3.8, 4) is 6.07 Å². The number of rotatable bonds is 5. The molecule has 0 aromatic carbocycles.